The molecule has 0 aliphatic carbocycles. The Balaban J connectivity index is 1.83. The second kappa shape index (κ2) is 9.63. The maximum atomic E-state index is 11.9. The van der Waals surface area contributed by atoms with Gasteiger partial charge >= 0.3 is 0 Å². The first-order valence-electron chi connectivity index (χ1n) is 10.1. The lowest BCUT2D eigenvalue weighted by Crippen LogP contribution is -2.25. The van der Waals surface area contributed by atoms with Crippen molar-refractivity contribution in [1.82, 2.24) is 0 Å². The molecule has 31 heavy (non-hydrogen) atoms. The third kappa shape index (κ3) is 5.11. The fourth-order valence-electron chi connectivity index (χ4n) is 3.27. The molecule has 0 aromatic heterocycles. The van der Waals surface area contributed by atoms with Crippen LogP contribution in [-0.2, 0) is 5.60 Å². The van der Waals surface area contributed by atoms with Gasteiger partial charge in [-0.3, -0.25) is 0 Å². The van der Waals surface area contributed by atoms with Crippen LogP contribution < -0.4 is 4.74 Å². The van der Waals surface area contributed by atoms with Crippen LogP contribution >= 0.6 is 0 Å². The molecule has 0 fully saturated rings. The minimum atomic E-state index is -1.40. The molecule has 0 atom stereocenters. The Labute approximate surface area is 183 Å². The van der Waals surface area contributed by atoms with Crippen LogP contribution in [0.2, 0.25) is 0 Å². The largest absolute Gasteiger partial charge is 0.449 e. The van der Waals surface area contributed by atoms with E-state index >= 15 is 0 Å². The van der Waals surface area contributed by atoms with Crippen LogP contribution in [0.25, 0.3) is 0 Å². The number of aliphatic hydroxyl groups is 1. The Bertz CT molecular complexity index is 1150. The summed E-state index contributed by atoms with van der Waals surface area (Å²) in [7, 11) is 0. The number of allylic oxidation sites excluding steroid dienone is 1. The van der Waals surface area contributed by atoms with E-state index in [-0.39, 0.29) is 0 Å². The summed E-state index contributed by atoms with van der Waals surface area (Å²) < 4.78 is 6.10. The first-order valence-corrected chi connectivity index (χ1v) is 10.1. The summed E-state index contributed by atoms with van der Waals surface area (Å²) in [4.78, 5) is 0. The summed E-state index contributed by atoms with van der Waals surface area (Å²) in [5, 5.41) is 11.9. The third-order valence-electron chi connectivity index (χ3n) is 4.84. The van der Waals surface area contributed by atoms with Gasteiger partial charge in [-0.05, 0) is 41.3 Å². The zero-order valence-corrected chi connectivity index (χ0v) is 17.0. The second-order valence-corrected chi connectivity index (χ2v) is 7.04. The molecule has 0 saturated carbocycles. The van der Waals surface area contributed by atoms with E-state index in [1.54, 1.807) is 6.08 Å². The highest BCUT2D eigenvalue weighted by molar-refractivity contribution is 5.46. The van der Waals surface area contributed by atoms with Crippen molar-refractivity contribution in [3.63, 3.8) is 0 Å². The summed E-state index contributed by atoms with van der Waals surface area (Å²) in [6, 6.07) is 38.2. The quantitative estimate of drug-likeness (QED) is 0.331. The van der Waals surface area contributed by atoms with Crippen molar-refractivity contribution in [1.29, 1.82) is 0 Å². The van der Waals surface area contributed by atoms with Gasteiger partial charge in [0, 0.05) is 11.6 Å². The summed E-state index contributed by atoms with van der Waals surface area (Å²) >= 11 is 0. The van der Waals surface area contributed by atoms with E-state index in [9.17, 15) is 5.11 Å². The van der Waals surface area contributed by atoms with Gasteiger partial charge in [-0.2, -0.15) is 0 Å². The molecule has 4 rings (SSSR count). The Morgan fingerprint density at radius 3 is 1.61 bits per heavy atom. The number of para-hydroxylation sites is 1. The second-order valence-electron chi connectivity index (χ2n) is 7.04. The lowest BCUT2D eigenvalue weighted by molar-refractivity contribution is 0.131. The van der Waals surface area contributed by atoms with E-state index in [0.717, 1.165) is 16.7 Å². The van der Waals surface area contributed by atoms with Gasteiger partial charge in [-0.15, -0.1) is 0 Å². The summed E-state index contributed by atoms with van der Waals surface area (Å²) in [5.74, 6) is 7.26. The molecule has 0 aliphatic heterocycles. The van der Waals surface area contributed by atoms with Gasteiger partial charge in [0.2, 0.25) is 0 Å². The minimum Gasteiger partial charge on any atom is -0.449 e. The SMILES string of the molecule is OC(/C=C(/C#Cc1ccccc1)Oc1ccccc1)(c1ccccc1)c1ccccc1. The van der Waals surface area contributed by atoms with Crippen LogP contribution in [0.1, 0.15) is 16.7 Å². The topological polar surface area (TPSA) is 29.5 Å². The smallest absolute Gasteiger partial charge is 0.177 e. The molecule has 150 valence electrons. The van der Waals surface area contributed by atoms with Crippen molar-refractivity contribution in [2.45, 2.75) is 5.60 Å². The first-order chi connectivity index (χ1) is 15.2. The number of benzene rings is 4. The van der Waals surface area contributed by atoms with Crippen molar-refractivity contribution in [2.24, 2.45) is 0 Å². The van der Waals surface area contributed by atoms with Crippen LogP contribution in [0, 0.1) is 11.8 Å². The molecule has 0 spiro atoms. The predicted octanol–water partition coefficient (Wildman–Crippen LogP) is 5.94. The van der Waals surface area contributed by atoms with E-state index < -0.39 is 5.60 Å². The first kappa shape index (κ1) is 20.2. The molecule has 0 amide bonds. The summed E-state index contributed by atoms with van der Waals surface area (Å²) in [5.41, 5.74) is 0.930. The van der Waals surface area contributed by atoms with Gasteiger partial charge in [0.05, 0.1) is 0 Å². The van der Waals surface area contributed by atoms with Crippen LogP contribution in [0.15, 0.2) is 133 Å². The van der Waals surface area contributed by atoms with Crippen LogP contribution in [-0.4, -0.2) is 5.11 Å². The van der Waals surface area contributed by atoms with Gasteiger partial charge < -0.3 is 9.84 Å². The fraction of sp³-hybridized carbons (Fsp3) is 0.0345. The molecule has 0 unspecified atom stereocenters. The van der Waals surface area contributed by atoms with Crippen molar-refractivity contribution < 1.29 is 9.84 Å². The lowest BCUT2D eigenvalue weighted by Gasteiger charge is -2.26. The fourth-order valence-corrected chi connectivity index (χ4v) is 3.27. The normalized spacial score (nSPS) is 11.3. The summed E-state index contributed by atoms with van der Waals surface area (Å²) in [6.07, 6.45) is 1.68. The van der Waals surface area contributed by atoms with Crippen LogP contribution in [0.4, 0.5) is 0 Å². The van der Waals surface area contributed by atoms with Gasteiger partial charge in [0.15, 0.2) is 5.76 Å². The number of ether oxygens (including phenoxy) is 1. The monoisotopic (exact) mass is 402 g/mol. The maximum absolute atomic E-state index is 11.9. The lowest BCUT2D eigenvalue weighted by atomic mass is 9.85. The molecule has 4 aromatic carbocycles. The predicted molar refractivity (Wildman–Crippen MR) is 124 cm³/mol. The Morgan fingerprint density at radius 2 is 1.10 bits per heavy atom. The number of hydrogen-bond acceptors (Lipinski definition) is 2. The van der Waals surface area contributed by atoms with Crippen molar-refractivity contribution in [3.05, 3.63) is 150 Å². The Morgan fingerprint density at radius 1 is 0.645 bits per heavy atom. The van der Waals surface area contributed by atoms with Crippen molar-refractivity contribution in [3.8, 4) is 17.6 Å². The van der Waals surface area contributed by atoms with Crippen molar-refractivity contribution in [2.75, 3.05) is 0 Å². The van der Waals surface area contributed by atoms with E-state index in [2.05, 4.69) is 11.8 Å². The molecule has 0 saturated heterocycles. The molecule has 2 nitrogen and oxygen atoms in total. The van der Waals surface area contributed by atoms with E-state index in [0.29, 0.717) is 11.5 Å². The zero-order chi connectivity index (χ0) is 21.4. The zero-order valence-electron chi connectivity index (χ0n) is 17.0. The molecule has 1 N–H and O–H groups in total. The molecule has 4 aromatic rings. The number of hydrogen-bond donors (Lipinski definition) is 1. The Kier molecular flexibility index (Phi) is 6.28. The third-order valence-corrected chi connectivity index (χ3v) is 4.84. The highest BCUT2D eigenvalue weighted by Crippen LogP contribution is 2.32. The van der Waals surface area contributed by atoms with Gasteiger partial charge in [-0.25, -0.2) is 0 Å². The average molecular weight is 402 g/mol. The van der Waals surface area contributed by atoms with E-state index in [1.807, 2.05) is 121 Å². The highest BCUT2D eigenvalue weighted by Gasteiger charge is 2.30. The Hall–Kier alpha value is -4.06. The number of rotatable bonds is 5. The van der Waals surface area contributed by atoms with Gasteiger partial charge in [0.1, 0.15) is 11.4 Å². The molecule has 0 bridgehead atoms. The summed E-state index contributed by atoms with van der Waals surface area (Å²) in [6.45, 7) is 0. The van der Waals surface area contributed by atoms with Crippen molar-refractivity contribution >= 4 is 0 Å². The minimum absolute atomic E-state index is 0.366. The molecule has 2 heteroatoms. The molecule has 0 aliphatic rings. The average Bonchev–Trinajstić information content (AvgIpc) is 2.85. The molecule has 0 radical (unpaired) electrons. The van der Waals surface area contributed by atoms with E-state index in [1.165, 1.54) is 0 Å². The maximum Gasteiger partial charge on any atom is 0.177 e. The van der Waals surface area contributed by atoms with Gasteiger partial charge in [0.25, 0.3) is 0 Å². The standard InChI is InChI=1S/C29H22O2/c30-29(25-15-7-2-8-16-25,26-17-9-3-10-18-26)23-28(31-27-19-11-4-12-20-27)22-21-24-13-5-1-6-14-24/h1-20,23,30H/b28-23-. The molecular weight excluding hydrogens is 380 g/mol. The van der Waals surface area contributed by atoms with Crippen LogP contribution in [0.3, 0.4) is 0 Å². The molecule has 0 heterocycles. The van der Waals surface area contributed by atoms with Crippen LogP contribution in [0.5, 0.6) is 5.75 Å². The molecular formula is C29H22O2. The van der Waals surface area contributed by atoms with E-state index in [4.69, 9.17) is 4.74 Å². The van der Waals surface area contributed by atoms with Gasteiger partial charge in [-0.1, -0.05) is 103 Å². The highest BCUT2D eigenvalue weighted by atomic mass is 16.5.